The minimum atomic E-state index is -0.911. The number of hydrogen-bond acceptors (Lipinski definition) is 4. The number of halogens is 2. The van der Waals surface area contributed by atoms with Gasteiger partial charge in [-0.25, -0.2) is 13.8 Å². The molecule has 0 bridgehead atoms. The van der Waals surface area contributed by atoms with Gasteiger partial charge in [0.05, 0.1) is 10.2 Å². The Bertz CT molecular complexity index is 901. The summed E-state index contributed by atoms with van der Waals surface area (Å²) in [4.78, 5) is 15.5. The van der Waals surface area contributed by atoms with E-state index < -0.39 is 11.6 Å². The second-order valence-electron chi connectivity index (χ2n) is 5.48. The van der Waals surface area contributed by atoms with Crippen LogP contribution in [-0.4, -0.2) is 10.9 Å². The first-order valence-electron chi connectivity index (χ1n) is 7.74. The van der Waals surface area contributed by atoms with Crippen LogP contribution in [0.15, 0.2) is 30.3 Å². The van der Waals surface area contributed by atoms with Crippen molar-refractivity contribution in [1.29, 1.82) is 0 Å². The average molecular weight is 362 g/mol. The largest absolute Gasteiger partial charge is 0.486 e. The Morgan fingerprint density at radius 2 is 2.00 bits per heavy atom. The standard InChI is InChI=1S/C18H16F2N2O2S/c1-3-11-6-12(4-5-15(11)21-10(2)23)24-9-18-22-16-7-13(19)14(20)8-17(16)25-18/h4-8H,3,9H2,1-2H3,(H,21,23). The molecule has 0 aliphatic heterocycles. The summed E-state index contributed by atoms with van der Waals surface area (Å²) in [6, 6.07) is 7.64. The zero-order valence-electron chi connectivity index (χ0n) is 13.7. The fourth-order valence-corrected chi connectivity index (χ4v) is 3.33. The maximum absolute atomic E-state index is 13.3. The number of aryl methyl sites for hydroxylation is 1. The van der Waals surface area contributed by atoms with Gasteiger partial charge in [0.15, 0.2) is 11.6 Å². The second kappa shape index (κ2) is 7.14. The quantitative estimate of drug-likeness (QED) is 0.717. The Kier molecular flexibility index (Phi) is 4.94. The van der Waals surface area contributed by atoms with Crippen molar-refractivity contribution in [2.75, 3.05) is 5.32 Å². The summed E-state index contributed by atoms with van der Waals surface area (Å²) in [7, 11) is 0. The fraction of sp³-hybridized carbons (Fsp3) is 0.222. The lowest BCUT2D eigenvalue weighted by atomic mass is 10.1. The van der Waals surface area contributed by atoms with Gasteiger partial charge in [-0.3, -0.25) is 4.79 Å². The zero-order valence-corrected chi connectivity index (χ0v) is 14.5. The van der Waals surface area contributed by atoms with Gasteiger partial charge in [-0.15, -0.1) is 11.3 Å². The molecule has 0 fully saturated rings. The molecular formula is C18H16F2N2O2S. The number of thiazole rings is 1. The topological polar surface area (TPSA) is 51.2 Å². The molecule has 1 amide bonds. The number of benzene rings is 2. The summed E-state index contributed by atoms with van der Waals surface area (Å²) in [6.07, 6.45) is 0.743. The molecule has 2 aromatic carbocycles. The number of amides is 1. The van der Waals surface area contributed by atoms with Crippen molar-refractivity contribution in [3.63, 3.8) is 0 Å². The monoisotopic (exact) mass is 362 g/mol. The second-order valence-corrected chi connectivity index (χ2v) is 6.60. The molecule has 0 radical (unpaired) electrons. The third kappa shape index (κ3) is 3.93. The normalized spacial score (nSPS) is 10.9. The molecule has 7 heteroatoms. The number of nitrogens with zero attached hydrogens (tertiary/aromatic N) is 1. The molecule has 130 valence electrons. The molecule has 1 aromatic heterocycles. The molecule has 0 aliphatic rings. The third-order valence-corrected chi connectivity index (χ3v) is 4.60. The first kappa shape index (κ1) is 17.3. The number of ether oxygens (including phenoxy) is 1. The highest BCUT2D eigenvalue weighted by Crippen LogP contribution is 2.27. The summed E-state index contributed by atoms with van der Waals surface area (Å²) in [5, 5.41) is 3.41. The predicted molar refractivity (Wildman–Crippen MR) is 94.0 cm³/mol. The molecule has 0 saturated carbocycles. The Morgan fingerprint density at radius 3 is 2.72 bits per heavy atom. The number of fused-ring (bicyclic) bond motifs is 1. The van der Waals surface area contributed by atoms with E-state index in [1.165, 1.54) is 18.3 Å². The molecule has 0 aliphatic carbocycles. The summed E-state index contributed by atoms with van der Waals surface area (Å²) in [5.41, 5.74) is 2.13. The van der Waals surface area contributed by atoms with Gasteiger partial charge in [0, 0.05) is 18.7 Å². The minimum absolute atomic E-state index is 0.127. The molecule has 0 spiro atoms. The van der Waals surface area contributed by atoms with E-state index in [0.717, 1.165) is 29.8 Å². The fourth-order valence-electron chi connectivity index (χ4n) is 2.44. The highest BCUT2D eigenvalue weighted by Gasteiger charge is 2.10. The van der Waals surface area contributed by atoms with Crippen LogP contribution in [0.3, 0.4) is 0 Å². The van der Waals surface area contributed by atoms with Gasteiger partial charge in [0.25, 0.3) is 0 Å². The number of aromatic nitrogens is 1. The van der Waals surface area contributed by atoms with E-state index in [2.05, 4.69) is 10.3 Å². The summed E-state index contributed by atoms with van der Waals surface area (Å²) < 4.78 is 32.8. The maximum atomic E-state index is 13.3. The molecule has 3 rings (SSSR count). The van der Waals surface area contributed by atoms with E-state index in [9.17, 15) is 13.6 Å². The number of rotatable bonds is 5. The van der Waals surface area contributed by atoms with Gasteiger partial charge < -0.3 is 10.1 Å². The van der Waals surface area contributed by atoms with Crippen molar-refractivity contribution < 1.29 is 18.3 Å². The third-order valence-electron chi connectivity index (χ3n) is 3.61. The van der Waals surface area contributed by atoms with Gasteiger partial charge in [-0.1, -0.05) is 6.92 Å². The first-order chi connectivity index (χ1) is 12.0. The Morgan fingerprint density at radius 1 is 1.24 bits per heavy atom. The molecular weight excluding hydrogens is 346 g/mol. The minimum Gasteiger partial charge on any atom is -0.486 e. The van der Waals surface area contributed by atoms with Crippen LogP contribution in [0.5, 0.6) is 5.75 Å². The highest BCUT2D eigenvalue weighted by atomic mass is 32.1. The van der Waals surface area contributed by atoms with Crippen LogP contribution >= 0.6 is 11.3 Å². The predicted octanol–water partition coefficient (Wildman–Crippen LogP) is 4.67. The number of anilines is 1. The number of nitrogens with one attached hydrogen (secondary N) is 1. The number of carbonyl (C=O) groups excluding carboxylic acids is 1. The van der Waals surface area contributed by atoms with Crippen LogP contribution in [0.4, 0.5) is 14.5 Å². The molecule has 3 aromatic rings. The summed E-state index contributed by atoms with van der Waals surface area (Å²) in [5.74, 6) is -1.28. The SMILES string of the molecule is CCc1cc(OCc2nc3cc(F)c(F)cc3s2)ccc1NC(C)=O. The van der Waals surface area contributed by atoms with Gasteiger partial charge in [-0.05, 0) is 36.2 Å². The zero-order chi connectivity index (χ0) is 18.0. The molecule has 1 N–H and O–H groups in total. The van der Waals surface area contributed by atoms with Crippen molar-refractivity contribution in [1.82, 2.24) is 4.98 Å². The van der Waals surface area contributed by atoms with E-state index in [1.807, 2.05) is 13.0 Å². The molecule has 0 saturated heterocycles. The lowest BCUT2D eigenvalue weighted by molar-refractivity contribution is -0.114. The molecule has 0 unspecified atom stereocenters. The van der Waals surface area contributed by atoms with Crippen molar-refractivity contribution in [3.05, 3.63) is 52.5 Å². The summed E-state index contributed by atoms with van der Waals surface area (Å²) >= 11 is 1.26. The molecule has 0 atom stereocenters. The number of carbonyl (C=O) groups is 1. The van der Waals surface area contributed by atoms with Crippen molar-refractivity contribution in [2.24, 2.45) is 0 Å². The van der Waals surface area contributed by atoms with E-state index in [-0.39, 0.29) is 12.5 Å². The van der Waals surface area contributed by atoms with E-state index in [1.54, 1.807) is 12.1 Å². The molecule has 25 heavy (non-hydrogen) atoms. The van der Waals surface area contributed by atoms with Crippen LogP contribution in [0.25, 0.3) is 10.2 Å². The Hall–Kier alpha value is -2.54. The lowest BCUT2D eigenvalue weighted by Gasteiger charge is -2.11. The van der Waals surface area contributed by atoms with Gasteiger partial charge >= 0.3 is 0 Å². The van der Waals surface area contributed by atoms with Crippen molar-refractivity contribution in [2.45, 2.75) is 26.9 Å². The van der Waals surface area contributed by atoms with Crippen LogP contribution < -0.4 is 10.1 Å². The van der Waals surface area contributed by atoms with Gasteiger partial charge in [-0.2, -0.15) is 0 Å². The summed E-state index contributed by atoms with van der Waals surface area (Å²) in [6.45, 7) is 3.65. The van der Waals surface area contributed by atoms with Crippen LogP contribution in [0, 0.1) is 11.6 Å². The smallest absolute Gasteiger partial charge is 0.221 e. The van der Waals surface area contributed by atoms with E-state index >= 15 is 0 Å². The molecule has 4 nitrogen and oxygen atoms in total. The Labute approximate surface area is 147 Å². The first-order valence-corrected chi connectivity index (χ1v) is 8.55. The van der Waals surface area contributed by atoms with Crippen LogP contribution in [-0.2, 0) is 17.8 Å². The van der Waals surface area contributed by atoms with Crippen LogP contribution in [0.1, 0.15) is 24.4 Å². The average Bonchev–Trinajstić information content (AvgIpc) is 2.95. The lowest BCUT2D eigenvalue weighted by Crippen LogP contribution is -2.08. The number of hydrogen-bond donors (Lipinski definition) is 1. The van der Waals surface area contributed by atoms with Crippen LogP contribution in [0.2, 0.25) is 0 Å². The van der Waals surface area contributed by atoms with Gasteiger partial charge in [0.2, 0.25) is 5.91 Å². The molecule has 1 heterocycles. The van der Waals surface area contributed by atoms with Gasteiger partial charge in [0.1, 0.15) is 17.4 Å². The maximum Gasteiger partial charge on any atom is 0.221 e. The Balaban J connectivity index is 1.76. The van der Waals surface area contributed by atoms with Crippen molar-refractivity contribution in [3.8, 4) is 5.75 Å². The highest BCUT2D eigenvalue weighted by molar-refractivity contribution is 7.18. The van der Waals surface area contributed by atoms with E-state index in [4.69, 9.17) is 4.74 Å². The van der Waals surface area contributed by atoms with E-state index in [0.29, 0.717) is 21.0 Å². The van der Waals surface area contributed by atoms with Crippen molar-refractivity contribution >= 4 is 33.1 Å².